The van der Waals surface area contributed by atoms with E-state index in [0.29, 0.717) is 16.7 Å². The van der Waals surface area contributed by atoms with Gasteiger partial charge in [0.05, 0.1) is 10.7 Å². The number of thiocarbonyl (C=S) groups is 1. The van der Waals surface area contributed by atoms with Crippen LogP contribution in [-0.2, 0) is 6.54 Å². The van der Waals surface area contributed by atoms with E-state index < -0.39 is 0 Å². The van der Waals surface area contributed by atoms with E-state index in [-0.39, 0.29) is 0 Å². The molecule has 0 fully saturated rings. The normalized spacial score (nSPS) is 10.4. The van der Waals surface area contributed by atoms with Crippen molar-refractivity contribution >= 4 is 46.2 Å². The third-order valence-corrected chi connectivity index (χ3v) is 4.31. The number of rotatable bonds is 3. The van der Waals surface area contributed by atoms with Crippen molar-refractivity contribution in [3.05, 3.63) is 63.1 Å². The molecule has 0 aliphatic heterocycles. The van der Waals surface area contributed by atoms with Crippen molar-refractivity contribution in [1.82, 2.24) is 4.90 Å². The quantitative estimate of drug-likeness (QED) is 0.740. The summed E-state index contributed by atoms with van der Waals surface area (Å²) >= 11 is 17.7. The first-order valence-corrected chi connectivity index (χ1v) is 8.06. The zero-order valence-electron chi connectivity index (χ0n) is 12.8. The molecule has 22 heavy (non-hydrogen) atoms. The van der Waals surface area contributed by atoms with Crippen LogP contribution in [0.2, 0.25) is 10.0 Å². The summed E-state index contributed by atoms with van der Waals surface area (Å²) in [5.74, 6) is 0. The molecule has 0 heterocycles. The molecule has 0 unspecified atom stereocenters. The van der Waals surface area contributed by atoms with Gasteiger partial charge in [-0.3, -0.25) is 0 Å². The van der Waals surface area contributed by atoms with E-state index in [9.17, 15) is 0 Å². The predicted octanol–water partition coefficient (Wildman–Crippen LogP) is 5.44. The lowest BCUT2D eigenvalue weighted by Crippen LogP contribution is -2.30. The molecule has 0 spiro atoms. The molecule has 0 amide bonds. The van der Waals surface area contributed by atoms with Gasteiger partial charge < -0.3 is 10.2 Å². The Morgan fingerprint density at radius 2 is 1.77 bits per heavy atom. The molecule has 0 aliphatic rings. The van der Waals surface area contributed by atoms with Crippen molar-refractivity contribution in [3.63, 3.8) is 0 Å². The SMILES string of the molecule is Cc1cc(C)c(NC(=S)N(C)Cc2ccc(Cl)cc2)c(Cl)c1. The Kier molecular flexibility index (Phi) is 5.68. The summed E-state index contributed by atoms with van der Waals surface area (Å²) in [4.78, 5) is 1.97. The summed E-state index contributed by atoms with van der Waals surface area (Å²) in [6, 6.07) is 11.7. The van der Waals surface area contributed by atoms with Crippen LogP contribution >= 0.6 is 35.4 Å². The standard InChI is InChI=1S/C17H18Cl2N2S/c1-11-8-12(2)16(15(19)9-11)20-17(22)21(3)10-13-4-6-14(18)7-5-13/h4-9H,10H2,1-3H3,(H,20,22). The first-order chi connectivity index (χ1) is 10.4. The highest BCUT2D eigenvalue weighted by molar-refractivity contribution is 7.80. The fourth-order valence-electron chi connectivity index (χ4n) is 2.21. The van der Waals surface area contributed by atoms with E-state index in [2.05, 4.69) is 11.4 Å². The largest absolute Gasteiger partial charge is 0.348 e. The molecule has 0 saturated heterocycles. The van der Waals surface area contributed by atoms with Crippen molar-refractivity contribution in [1.29, 1.82) is 0 Å². The smallest absolute Gasteiger partial charge is 0.173 e. The van der Waals surface area contributed by atoms with E-state index in [1.807, 2.05) is 56.1 Å². The first-order valence-electron chi connectivity index (χ1n) is 6.90. The average molecular weight is 353 g/mol. The van der Waals surface area contributed by atoms with Gasteiger partial charge in [0.25, 0.3) is 0 Å². The monoisotopic (exact) mass is 352 g/mol. The van der Waals surface area contributed by atoms with Crippen molar-refractivity contribution in [2.45, 2.75) is 20.4 Å². The number of hydrogen-bond donors (Lipinski definition) is 1. The van der Waals surface area contributed by atoms with Crippen LogP contribution in [0.15, 0.2) is 36.4 Å². The summed E-state index contributed by atoms with van der Waals surface area (Å²) in [5, 5.41) is 5.28. The molecule has 0 radical (unpaired) electrons. The van der Waals surface area contributed by atoms with Gasteiger partial charge in [0.1, 0.15) is 0 Å². The fraction of sp³-hybridized carbons (Fsp3) is 0.235. The van der Waals surface area contributed by atoms with Crippen molar-refractivity contribution < 1.29 is 0 Å². The molecule has 0 saturated carbocycles. The van der Waals surface area contributed by atoms with Gasteiger partial charge in [0, 0.05) is 18.6 Å². The highest BCUT2D eigenvalue weighted by Crippen LogP contribution is 2.27. The van der Waals surface area contributed by atoms with Crippen LogP contribution in [-0.4, -0.2) is 17.1 Å². The minimum atomic E-state index is 0.629. The minimum absolute atomic E-state index is 0.629. The summed E-state index contributed by atoms with van der Waals surface area (Å²) < 4.78 is 0. The Hall–Kier alpha value is -1.29. The van der Waals surface area contributed by atoms with Crippen LogP contribution < -0.4 is 5.32 Å². The molecular weight excluding hydrogens is 335 g/mol. The van der Waals surface area contributed by atoms with E-state index >= 15 is 0 Å². The van der Waals surface area contributed by atoms with Gasteiger partial charge in [-0.1, -0.05) is 41.4 Å². The zero-order valence-corrected chi connectivity index (χ0v) is 15.1. The maximum atomic E-state index is 6.31. The predicted molar refractivity (Wildman–Crippen MR) is 100 cm³/mol. The Balaban J connectivity index is 2.07. The van der Waals surface area contributed by atoms with Gasteiger partial charge >= 0.3 is 0 Å². The highest BCUT2D eigenvalue weighted by Gasteiger charge is 2.10. The number of aryl methyl sites for hydroxylation is 2. The summed E-state index contributed by atoms with van der Waals surface area (Å²) in [5.41, 5.74) is 4.21. The molecule has 5 heteroatoms. The third-order valence-electron chi connectivity index (χ3n) is 3.34. The molecule has 2 aromatic rings. The van der Waals surface area contributed by atoms with Gasteiger partial charge in [-0.2, -0.15) is 0 Å². The Morgan fingerprint density at radius 3 is 2.36 bits per heavy atom. The maximum absolute atomic E-state index is 6.31. The van der Waals surface area contributed by atoms with E-state index in [1.54, 1.807) is 0 Å². The Morgan fingerprint density at radius 1 is 1.14 bits per heavy atom. The zero-order chi connectivity index (χ0) is 16.3. The minimum Gasteiger partial charge on any atom is -0.348 e. The van der Waals surface area contributed by atoms with Gasteiger partial charge in [0.2, 0.25) is 0 Å². The van der Waals surface area contributed by atoms with Gasteiger partial charge in [-0.15, -0.1) is 0 Å². The fourth-order valence-corrected chi connectivity index (χ4v) is 2.87. The van der Waals surface area contributed by atoms with Gasteiger partial charge in [-0.25, -0.2) is 0 Å². The Labute approximate surface area is 147 Å². The molecule has 0 aliphatic carbocycles. The van der Waals surface area contributed by atoms with E-state index in [4.69, 9.17) is 35.4 Å². The molecule has 0 atom stereocenters. The lowest BCUT2D eigenvalue weighted by atomic mass is 10.1. The second kappa shape index (κ2) is 7.32. The number of nitrogens with zero attached hydrogens (tertiary/aromatic N) is 1. The first kappa shape index (κ1) is 17.1. The molecule has 0 bridgehead atoms. The number of halogens is 2. The molecule has 2 rings (SSSR count). The Bertz CT molecular complexity index is 661. The number of anilines is 1. The van der Waals surface area contributed by atoms with Gasteiger partial charge in [0.15, 0.2) is 5.11 Å². The lowest BCUT2D eigenvalue weighted by Gasteiger charge is -2.22. The molecule has 2 nitrogen and oxygen atoms in total. The summed E-state index contributed by atoms with van der Waals surface area (Å²) in [7, 11) is 1.95. The second-order valence-electron chi connectivity index (χ2n) is 5.35. The maximum Gasteiger partial charge on any atom is 0.173 e. The van der Waals surface area contributed by atoms with E-state index in [1.165, 1.54) is 0 Å². The molecular formula is C17H18Cl2N2S. The number of nitrogens with one attached hydrogen (secondary N) is 1. The second-order valence-corrected chi connectivity index (χ2v) is 6.58. The molecule has 116 valence electrons. The van der Waals surface area contributed by atoms with Gasteiger partial charge in [-0.05, 0) is 61.0 Å². The highest BCUT2D eigenvalue weighted by atomic mass is 35.5. The van der Waals surface area contributed by atoms with Crippen LogP contribution in [0.4, 0.5) is 5.69 Å². The van der Waals surface area contributed by atoms with Crippen molar-refractivity contribution in [2.24, 2.45) is 0 Å². The van der Waals surface area contributed by atoms with E-state index in [0.717, 1.165) is 27.4 Å². The topological polar surface area (TPSA) is 15.3 Å². The van der Waals surface area contributed by atoms with Crippen LogP contribution in [0, 0.1) is 13.8 Å². The molecule has 1 N–H and O–H groups in total. The third kappa shape index (κ3) is 4.35. The van der Waals surface area contributed by atoms with Crippen LogP contribution in [0.1, 0.15) is 16.7 Å². The summed E-state index contributed by atoms with van der Waals surface area (Å²) in [6.07, 6.45) is 0. The van der Waals surface area contributed by atoms with Crippen LogP contribution in [0.5, 0.6) is 0 Å². The van der Waals surface area contributed by atoms with Crippen molar-refractivity contribution in [2.75, 3.05) is 12.4 Å². The number of hydrogen-bond acceptors (Lipinski definition) is 1. The van der Waals surface area contributed by atoms with Crippen LogP contribution in [0.3, 0.4) is 0 Å². The lowest BCUT2D eigenvalue weighted by molar-refractivity contribution is 0.508. The summed E-state index contributed by atoms with van der Waals surface area (Å²) in [6.45, 7) is 4.74. The van der Waals surface area contributed by atoms with Crippen LogP contribution in [0.25, 0.3) is 0 Å². The molecule has 0 aromatic heterocycles. The number of benzene rings is 2. The average Bonchev–Trinajstić information content (AvgIpc) is 2.45. The van der Waals surface area contributed by atoms with Crippen molar-refractivity contribution in [3.8, 4) is 0 Å². The molecule has 2 aromatic carbocycles.